The van der Waals surface area contributed by atoms with Crippen LogP contribution in [0.5, 0.6) is 5.75 Å². The number of nitrogens with one attached hydrogen (secondary N) is 1. The second-order valence-corrected chi connectivity index (χ2v) is 6.45. The van der Waals surface area contributed by atoms with E-state index in [0.29, 0.717) is 29.0 Å². The van der Waals surface area contributed by atoms with Crippen LogP contribution in [0.25, 0.3) is 0 Å². The van der Waals surface area contributed by atoms with Crippen LogP contribution in [0.15, 0.2) is 48.5 Å². The Morgan fingerprint density at radius 2 is 1.70 bits per heavy atom. The summed E-state index contributed by atoms with van der Waals surface area (Å²) in [5.74, 6) is -0.196. The van der Waals surface area contributed by atoms with Gasteiger partial charge in [-0.25, -0.2) is 4.79 Å². The number of hydrogen-bond donors (Lipinski definition) is 1. The SMILES string of the molecule is COc1cccc(C(=O)OCC(=O)c2ccc(NC(=O)CC(C)C)cc2)c1. The van der Waals surface area contributed by atoms with Crippen molar-refractivity contribution < 1.29 is 23.9 Å². The van der Waals surface area contributed by atoms with Crippen molar-refractivity contribution in [3.63, 3.8) is 0 Å². The van der Waals surface area contributed by atoms with Crippen molar-refractivity contribution in [3.8, 4) is 5.75 Å². The third kappa shape index (κ3) is 6.26. The molecule has 0 fully saturated rings. The minimum atomic E-state index is -0.597. The molecule has 0 aliphatic heterocycles. The normalized spacial score (nSPS) is 10.4. The number of carbonyl (C=O) groups excluding carboxylic acids is 3. The van der Waals surface area contributed by atoms with Crippen molar-refractivity contribution >= 4 is 23.3 Å². The second kappa shape index (κ2) is 9.52. The van der Waals surface area contributed by atoms with Crippen LogP contribution in [0, 0.1) is 5.92 Å². The van der Waals surface area contributed by atoms with Gasteiger partial charge < -0.3 is 14.8 Å². The molecule has 0 radical (unpaired) electrons. The third-order valence-corrected chi connectivity index (χ3v) is 3.72. The molecular weight excluding hydrogens is 346 g/mol. The first-order valence-electron chi connectivity index (χ1n) is 8.63. The highest BCUT2D eigenvalue weighted by Gasteiger charge is 2.13. The predicted octanol–water partition coefficient (Wildman–Crippen LogP) is 3.72. The van der Waals surface area contributed by atoms with Gasteiger partial charge in [0.05, 0.1) is 12.7 Å². The Morgan fingerprint density at radius 3 is 2.33 bits per heavy atom. The van der Waals surface area contributed by atoms with Gasteiger partial charge in [0, 0.05) is 17.7 Å². The number of rotatable bonds is 8. The number of methoxy groups -OCH3 is 1. The highest BCUT2D eigenvalue weighted by atomic mass is 16.5. The summed E-state index contributed by atoms with van der Waals surface area (Å²) in [5.41, 5.74) is 1.33. The van der Waals surface area contributed by atoms with E-state index in [1.807, 2.05) is 13.8 Å². The maximum Gasteiger partial charge on any atom is 0.338 e. The van der Waals surface area contributed by atoms with Crippen LogP contribution in [0.4, 0.5) is 5.69 Å². The minimum Gasteiger partial charge on any atom is -0.497 e. The van der Waals surface area contributed by atoms with Crippen molar-refractivity contribution in [2.24, 2.45) is 5.92 Å². The van der Waals surface area contributed by atoms with E-state index in [1.54, 1.807) is 48.5 Å². The van der Waals surface area contributed by atoms with Gasteiger partial charge in [0.1, 0.15) is 5.75 Å². The Morgan fingerprint density at radius 1 is 1.00 bits per heavy atom. The number of ether oxygens (including phenoxy) is 2. The van der Waals surface area contributed by atoms with Gasteiger partial charge in [0.2, 0.25) is 5.91 Å². The molecule has 27 heavy (non-hydrogen) atoms. The van der Waals surface area contributed by atoms with Gasteiger partial charge in [0.15, 0.2) is 12.4 Å². The summed E-state index contributed by atoms with van der Waals surface area (Å²) in [7, 11) is 1.50. The van der Waals surface area contributed by atoms with Gasteiger partial charge in [-0.3, -0.25) is 9.59 Å². The lowest BCUT2D eigenvalue weighted by Crippen LogP contribution is -2.15. The lowest BCUT2D eigenvalue weighted by atomic mass is 10.1. The van der Waals surface area contributed by atoms with Gasteiger partial charge in [-0.15, -0.1) is 0 Å². The summed E-state index contributed by atoms with van der Waals surface area (Å²) < 4.78 is 10.1. The number of ketones is 1. The van der Waals surface area contributed by atoms with Crippen LogP contribution in [-0.4, -0.2) is 31.4 Å². The van der Waals surface area contributed by atoms with E-state index >= 15 is 0 Å². The largest absolute Gasteiger partial charge is 0.497 e. The van der Waals surface area contributed by atoms with Crippen molar-refractivity contribution in [2.75, 3.05) is 19.0 Å². The first-order valence-corrected chi connectivity index (χ1v) is 8.63. The van der Waals surface area contributed by atoms with E-state index < -0.39 is 5.97 Å². The molecule has 6 nitrogen and oxygen atoms in total. The molecule has 0 atom stereocenters. The topological polar surface area (TPSA) is 81.7 Å². The summed E-state index contributed by atoms with van der Waals surface area (Å²) in [6.07, 6.45) is 0.431. The molecule has 0 unspecified atom stereocenters. The summed E-state index contributed by atoms with van der Waals surface area (Å²) in [4.78, 5) is 36.0. The summed E-state index contributed by atoms with van der Waals surface area (Å²) in [5, 5.41) is 2.77. The average molecular weight is 369 g/mol. The first-order chi connectivity index (χ1) is 12.9. The quantitative estimate of drug-likeness (QED) is 0.566. The van der Waals surface area contributed by atoms with Crippen LogP contribution in [0.2, 0.25) is 0 Å². The van der Waals surface area contributed by atoms with E-state index in [-0.39, 0.29) is 24.2 Å². The third-order valence-electron chi connectivity index (χ3n) is 3.72. The number of benzene rings is 2. The number of esters is 1. The fourth-order valence-electron chi connectivity index (χ4n) is 2.37. The fourth-order valence-corrected chi connectivity index (χ4v) is 2.37. The Labute approximate surface area is 158 Å². The smallest absolute Gasteiger partial charge is 0.338 e. The number of Topliss-reactive ketones (excluding diaryl/α,β-unsaturated/α-hetero) is 1. The Kier molecular flexibility index (Phi) is 7.11. The molecule has 0 bridgehead atoms. The summed E-state index contributed by atoms with van der Waals surface area (Å²) >= 11 is 0. The molecule has 1 N–H and O–H groups in total. The molecule has 2 rings (SSSR count). The summed E-state index contributed by atoms with van der Waals surface area (Å²) in [6, 6.07) is 13.0. The van der Waals surface area contributed by atoms with Crippen LogP contribution in [-0.2, 0) is 9.53 Å². The molecule has 2 aromatic rings. The number of hydrogen-bond acceptors (Lipinski definition) is 5. The number of carbonyl (C=O) groups is 3. The highest BCUT2D eigenvalue weighted by Crippen LogP contribution is 2.15. The van der Waals surface area contributed by atoms with Crippen LogP contribution in [0.1, 0.15) is 41.0 Å². The van der Waals surface area contributed by atoms with E-state index in [4.69, 9.17) is 9.47 Å². The van der Waals surface area contributed by atoms with Crippen LogP contribution in [0.3, 0.4) is 0 Å². The fraction of sp³-hybridized carbons (Fsp3) is 0.286. The molecule has 1 amide bonds. The molecule has 0 saturated carbocycles. The van der Waals surface area contributed by atoms with Crippen molar-refractivity contribution in [2.45, 2.75) is 20.3 Å². The van der Waals surface area contributed by atoms with E-state index in [9.17, 15) is 14.4 Å². The second-order valence-electron chi connectivity index (χ2n) is 6.45. The number of anilines is 1. The maximum atomic E-state index is 12.2. The Bertz CT molecular complexity index is 812. The molecule has 2 aromatic carbocycles. The van der Waals surface area contributed by atoms with Crippen molar-refractivity contribution in [3.05, 3.63) is 59.7 Å². The van der Waals surface area contributed by atoms with E-state index in [1.165, 1.54) is 7.11 Å². The molecular formula is C21H23NO5. The van der Waals surface area contributed by atoms with Crippen LogP contribution < -0.4 is 10.1 Å². The van der Waals surface area contributed by atoms with Crippen molar-refractivity contribution in [1.82, 2.24) is 0 Å². The van der Waals surface area contributed by atoms with E-state index in [0.717, 1.165) is 0 Å². The maximum absolute atomic E-state index is 12.2. The Hall–Kier alpha value is -3.15. The average Bonchev–Trinajstić information content (AvgIpc) is 2.65. The molecule has 6 heteroatoms. The molecule has 0 aliphatic carbocycles. The summed E-state index contributed by atoms with van der Waals surface area (Å²) in [6.45, 7) is 3.57. The molecule has 0 heterocycles. The number of amides is 1. The lowest BCUT2D eigenvalue weighted by Gasteiger charge is -2.08. The zero-order chi connectivity index (χ0) is 19.8. The molecule has 0 spiro atoms. The molecule has 0 aromatic heterocycles. The van der Waals surface area contributed by atoms with Gasteiger partial charge >= 0.3 is 5.97 Å². The van der Waals surface area contributed by atoms with Gasteiger partial charge in [-0.05, 0) is 48.4 Å². The Balaban J connectivity index is 1.90. The first kappa shape index (κ1) is 20.2. The van der Waals surface area contributed by atoms with Crippen molar-refractivity contribution in [1.29, 1.82) is 0 Å². The lowest BCUT2D eigenvalue weighted by molar-refractivity contribution is -0.116. The van der Waals surface area contributed by atoms with Gasteiger partial charge in [-0.2, -0.15) is 0 Å². The predicted molar refractivity (Wildman–Crippen MR) is 102 cm³/mol. The zero-order valence-corrected chi connectivity index (χ0v) is 15.7. The van der Waals surface area contributed by atoms with E-state index in [2.05, 4.69) is 5.32 Å². The minimum absolute atomic E-state index is 0.0729. The molecule has 142 valence electrons. The van der Waals surface area contributed by atoms with Gasteiger partial charge in [0.25, 0.3) is 0 Å². The molecule has 0 saturated heterocycles. The van der Waals surface area contributed by atoms with Crippen LogP contribution >= 0.6 is 0 Å². The highest BCUT2D eigenvalue weighted by molar-refractivity contribution is 6.00. The zero-order valence-electron chi connectivity index (χ0n) is 15.7. The molecule has 0 aliphatic rings. The monoisotopic (exact) mass is 369 g/mol. The standard InChI is InChI=1S/C21H23NO5/c1-14(2)11-20(24)22-17-9-7-15(8-10-17)19(23)13-27-21(25)16-5-4-6-18(12-16)26-3/h4-10,12,14H,11,13H2,1-3H3,(H,22,24). The van der Waals surface area contributed by atoms with Gasteiger partial charge in [-0.1, -0.05) is 19.9 Å².